The van der Waals surface area contributed by atoms with Gasteiger partial charge in [0.2, 0.25) is 17.6 Å². The number of nitrogens with one attached hydrogen (secondary N) is 1. The van der Waals surface area contributed by atoms with Gasteiger partial charge in [-0.1, -0.05) is 41.4 Å². The summed E-state index contributed by atoms with van der Waals surface area (Å²) in [5.41, 5.74) is 2.06. The van der Waals surface area contributed by atoms with Crippen LogP contribution in [0.2, 0.25) is 5.02 Å². The molecule has 0 bridgehead atoms. The Kier molecular flexibility index (Phi) is 8.24. The Morgan fingerprint density at radius 3 is 2.49 bits per heavy atom. The Morgan fingerprint density at radius 1 is 1.16 bits per heavy atom. The van der Waals surface area contributed by atoms with Gasteiger partial charge in [-0.3, -0.25) is 9.59 Å². The molecule has 37 heavy (non-hydrogen) atoms. The first-order chi connectivity index (χ1) is 17.6. The number of rotatable bonds is 8. The number of ether oxygens (including phenoxy) is 1. The van der Waals surface area contributed by atoms with Gasteiger partial charge in [0.05, 0.1) is 6.10 Å². The predicted octanol–water partition coefficient (Wildman–Crippen LogP) is 3.97. The van der Waals surface area contributed by atoms with E-state index in [1.165, 1.54) is 4.80 Å². The van der Waals surface area contributed by atoms with Crippen LogP contribution in [-0.2, 0) is 20.9 Å². The monoisotopic (exact) mass is 524 g/mol. The molecule has 0 radical (unpaired) electrons. The number of carbonyl (C=O) groups is 2. The molecule has 2 heterocycles. The maximum atomic E-state index is 13.8. The van der Waals surface area contributed by atoms with Crippen LogP contribution in [0.25, 0.3) is 11.4 Å². The van der Waals surface area contributed by atoms with Crippen LogP contribution >= 0.6 is 11.6 Å². The van der Waals surface area contributed by atoms with Crippen LogP contribution in [-0.4, -0.2) is 61.7 Å². The molecule has 1 N–H and O–H groups in total. The van der Waals surface area contributed by atoms with E-state index in [9.17, 15) is 9.59 Å². The van der Waals surface area contributed by atoms with E-state index < -0.39 is 11.6 Å². The molecule has 1 fully saturated rings. The minimum atomic E-state index is -0.837. The van der Waals surface area contributed by atoms with E-state index in [1.54, 1.807) is 29.2 Å². The molecule has 196 valence electrons. The molecule has 1 saturated heterocycles. The minimum Gasteiger partial charge on any atom is -0.376 e. The molecule has 1 aliphatic heterocycles. The standard InChI is InChI=1S/C27H33ClN6O3/c1-18-7-9-19(10-8-18)24(26(36)29-27(2,3)4)33(16-22-6-5-15-37-22)23(35)17-34-31-25(30-32-34)20-11-13-21(28)14-12-20/h7-14,22,24H,5-6,15-17H2,1-4H3,(H,29,36). The lowest BCUT2D eigenvalue weighted by molar-refractivity contribution is -0.144. The van der Waals surface area contributed by atoms with E-state index >= 15 is 0 Å². The van der Waals surface area contributed by atoms with E-state index in [0.717, 1.165) is 29.5 Å². The van der Waals surface area contributed by atoms with Crippen LogP contribution in [0.3, 0.4) is 0 Å². The highest BCUT2D eigenvalue weighted by Crippen LogP contribution is 2.26. The van der Waals surface area contributed by atoms with Crippen LogP contribution in [0.4, 0.5) is 0 Å². The van der Waals surface area contributed by atoms with E-state index in [1.807, 2.05) is 52.0 Å². The SMILES string of the molecule is Cc1ccc(C(C(=O)NC(C)(C)C)N(CC2CCCO2)C(=O)Cn2nnc(-c3ccc(Cl)cc3)n2)cc1. The van der Waals surface area contributed by atoms with Crippen molar-refractivity contribution in [3.8, 4) is 11.4 Å². The highest BCUT2D eigenvalue weighted by Gasteiger charge is 2.35. The largest absolute Gasteiger partial charge is 0.376 e. The second-order valence-corrected chi connectivity index (χ2v) is 10.8. The van der Waals surface area contributed by atoms with Crippen LogP contribution in [0, 0.1) is 6.92 Å². The molecular weight excluding hydrogens is 492 g/mol. The summed E-state index contributed by atoms with van der Waals surface area (Å²) in [5.74, 6) is -0.169. The topological polar surface area (TPSA) is 102 Å². The third-order valence-electron chi connectivity index (χ3n) is 6.03. The van der Waals surface area contributed by atoms with Crippen molar-refractivity contribution in [3.05, 3.63) is 64.7 Å². The fraction of sp³-hybridized carbons (Fsp3) is 0.444. The second-order valence-electron chi connectivity index (χ2n) is 10.4. The minimum absolute atomic E-state index is 0.146. The normalized spacial score (nSPS) is 16.4. The van der Waals surface area contributed by atoms with Crippen molar-refractivity contribution in [3.63, 3.8) is 0 Å². The molecule has 2 aromatic carbocycles. The highest BCUT2D eigenvalue weighted by atomic mass is 35.5. The number of hydrogen-bond acceptors (Lipinski definition) is 6. The summed E-state index contributed by atoms with van der Waals surface area (Å²) in [4.78, 5) is 30.3. The Bertz CT molecular complexity index is 1210. The molecule has 2 amide bonds. The van der Waals surface area contributed by atoms with Crippen LogP contribution in [0.15, 0.2) is 48.5 Å². The van der Waals surface area contributed by atoms with Crippen LogP contribution in [0.1, 0.15) is 50.8 Å². The predicted molar refractivity (Wildman–Crippen MR) is 141 cm³/mol. The summed E-state index contributed by atoms with van der Waals surface area (Å²) >= 11 is 5.98. The van der Waals surface area contributed by atoms with Gasteiger partial charge in [0, 0.05) is 29.3 Å². The number of halogens is 1. The van der Waals surface area contributed by atoms with Crippen molar-refractivity contribution in [2.45, 2.75) is 64.8 Å². The van der Waals surface area contributed by atoms with Crippen molar-refractivity contribution < 1.29 is 14.3 Å². The fourth-order valence-corrected chi connectivity index (χ4v) is 4.38. The number of aryl methyl sites for hydroxylation is 1. The number of tetrazole rings is 1. The highest BCUT2D eigenvalue weighted by molar-refractivity contribution is 6.30. The van der Waals surface area contributed by atoms with Crippen LogP contribution < -0.4 is 5.32 Å². The Hall–Kier alpha value is -3.30. The molecule has 2 atom stereocenters. The summed E-state index contributed by atoms with van der Waals surface area (Å²) in [7, 11) is 0. The molecule has 1 aliphatic rings. The number of amides is 2. The average molecular weight is 525 g/mol. The molecule has 0 spiro atoms. The number of hydrogen-bond donors (Lipinski definition) is 1. The van der Waals surface area contributed by atoms with Gasteiger partial charge in [0.25, 0.3) is 0 Å². The third kappa shape index (κ3) is 7.14. The zero-order valence-corrected chi connectivity index (χ0v) is 22.4. The molecule has 2 unspecified atom stereocenters. The van der Waals surface area contributed by atoms with Gasteiger partial charge >= 0.3 is 0 Å². The maximum absolute atomic E-state index is 13.8. The Labute approximate surface area is 222 Å². The molecular formula is C27H33ClN6O3. The summed E-state index contributed by atoms with van der Waals surface area (Å²) < 4.78 is 5.85. The lowest BCUT2D eigenvalue weighted by Gasteiger charge is -2.35. The fourth-order valence-electron chi connectivity index (χ4n) is 4.26. The molecule has 1 aromatic heterocycles. The zero-order chi connectivity index (χ0) is 26.6. The van der Waals surface area contributed by atoms with Crippen molar-refractivity contribution in [2.75, 3.05) is 13.2 Å². The number of nitrogens with zero attached hydrogens (tertiary/aromatic N) is 5. The summed E-state index contributed by atoms with van der Waals surface area (Å²) in [6, 6.07) is 13.9. The van der Waals surface area contributed by atoms with Gasteiger partial charge in [0.15, 0.2) is 0 Å². The lowest BCUT2D eigenvalue weighted by Crippen LogP contribution is -2.51. The first-order valence-electron chi connectivity index (χ1n) is 12.4. The van der Waals surface area contributed by atoms with Crippen molar-refractivity contribution in [1.82, 2.24) is 30.4 Å². The van der Waals surface area contributed by atoms with Crippen molar-refractivity contribution in [1.29, 1.82) is 0 Å². The summed E-state index contributed by atoms with van der Waals surface area (Å²) in [5, 5.41) is 16.2. The van der Waals surface area contributed by atoms with Gasteiger partial charge in [-0.15, -0.1) is 10.2 Å². The van der Waals surface area contributed by atoms with E-state index in [0.29, 0.717) is 17.5 Å². The first kappa shape index (κ1) is 26.8. The number of carbonyl (C=O) groups excluding carboxylic acids is 2. The summed E-state index contributed by atoms with van der Waals surface area (Å²) in [6.45, 7) is 8.50. The Balaban J connectivity index is 1.64. The van der Waals surface area contributed by atoms with Gasteiger partial charge in [-0.2, -0.15) is 4.80 Å². The van der Waals surface area contributed by atoms with Crippen LogP contribution in [0.5, 0.6) is 0 Å². The third-order valence-corrected chi connectivity index (χ3v) is 6.28. The van der Waals surface area contributed by atoms with Gasteiger partial charge < -0.3 is 15.0 Å². The molecule has 10 heteroatoms. The lowest BCUT2D eigenvalue weighted by atomic mass is 10.00. The molecule has 3 aromatic rings. The van der Waals surface area contributed by atoms with Gasteiger partial charge in [-0.05, 0) is 75.6 Å². The Morgan fingerprint density at radius 2 is 1.86 bits per heavy atom. The smallest absolute Gasteiger partial charge is 0.247 e. The second kappa shape index (κ2) is 11.4. The molecule has 4 rings (SSSR count). The molecule has 9 nitrogen and oxygen atoms in total. The summed E-state index contributed by atoms with van der Waals surface area (Å²) in [6.07, 6.45) is 1.60. The van der Waals surface area contributed by atoms with Crippen molar-refractivity contribution >= 4 is 23.4 Å². The maximum Gasteiger partial charge on any atom is 0.247 e. The average Bonchev–Trinajstić information content (AvgIpc) is 3.51. The van der Waals surface area contributed by atoms with E-state index in [4.69, 9.17) is 16.3 Å². The van der Waals surface area contributed by atoms with E-state index in [-0.39, 0.29) is 31.0 Å². The molecule has 0 saturated carbocycles. The van der Waals surface area contributed by atoms with E-state index in [2.05, 4.69) is 20.7 Å². The number of benzene rings is 2. The first-order valence-corrected chi connectivity index (χ1v) is 12.8. The molecule has 0 aliphatic carbocycles. The zero-order valence-electron chi connectivity index (χ0n) is 21.6. The van der Waals surface area contributed by atoms with Gasteiger partial charge in [0.1, 0.15) is 12.6 Å². The number of aromatic nitrogens is 4. The van der Waals surface area contributed by atoms with Gasteiger partial charge in [-0.25, -0.2) is 0 Å². The quantitative estimate of drug-likeness (QED) is 0.478. The van der Waals surface area contributed by atoms with Crippen molar-refractivity contribution in [2.24, 2.45) is 0 Å².